The van der Waals surface area contributed by atoms with Crippen molar-refractivity contribution in [1.29, 1.82) is 0 Å². The van der Waals surface area contributed by atoms with Crippen LogP contribution in [0.3, 0.4) is 0 Å². The number of carbonyl (C=O) groups is 2. The Morgan fingerprint density at radius 3 is 1.37 bits per heavy atom. The number of ether oxygens (including phenoxy) is 1. The molecule has 0 unspecified atom stereocenters. The summed E-state index contributed by atoms with van der Waals surface area (Å²) in [5.74, 6) is 1.15. The molecule has 3 heteroatoms. The lowest BCUT2D eigenvalue weighted by molar-refractivity contribution is -0.144. The minimum Gasteiger partial charge on any atom is -0.466 e. The van der Waals surface area contributed by atoms with Crippen molar-refractivity contribution >= 4 is 11.8 Å². The van der Waals surface area contributed by atoms with E-state index < -0.39 is 0 Å². The van der Waals surface area contributed by atoms with E-state index in [1.807, 2.05) is 0 Å². The second-order valence-corrected chi connectivity index (χ2v) is 10.9. The maximum Gasteiger partial charge on any atom is 0.305 e. The Kier molecular flexibility index (Phi) is 27.0. The average molecular weight is 495 g/mol. The molecule has 0 aliphatic heterocycles. The average Bonchev–Trinajstić information content (AvgIpc) is 2.85. The van der Waals surface area contributed by atoms with Crippen LogP contribution in [0.4, 0.5) is 0 Å². The monoisotopic (exact) mass is 494 g/mol. The van der Waals surface area contributed by atoms with Crippen LogP contribution in [-0.4, -0.2) is 18.4 Å². The second kappa shape index (κ2) is 27.7. The number of carbonyl (C=O) groups excluding carboxylic acids is 2. The van der Waals surface area contributed by atoms with Crippen LogP contribution in [0, 0.1) is 5.92 Å². The Hall–Kier alpha value is -0.860. The lowest BCUT2D eigenvalue weighted by Gasteiger charge is -2.16. The fourth-order valence-corrected chi connectivity index (χ4v) is 4.91. The summed E-state index contributed by atoms with van der Waals surface area (Å²) >= 11 is 0. The largest absolute Gasteiger partial charge is 0.466 e. The Balaban J connectivity index is 3.58. The van der Waals surface area contributed by atoms with E-state index in [1.165, 1.54) is 96.3 Å². The van der Waals surface area contributed by atoms with Gasteiger partial charge in [0.05, 0.1) is 6.61 Å². The number of Topliss-reactive ketones (excluding diaryl/α,β-unsaturated/α-hetero) is 1. The molecule has 3 nitrogen and oxygen atoms in total. The molecule has 0 heterocycles. The molecule has 0 saturated heterocycles. The highest BCUT2D eigenvalue weighted by atomic mass is 16.5. The summed E-state index contributed by atoms with van der Waals surface area (Å²) in [4.78, 5) is 24.1. The molecule has 0 aromatic rings. The Morgan fingerprint density at radius 1 is 0.486 bits per heavy atom. The Morgan fingerprint density at radius 2 is 0.886 bits per heavy atom. The molecule has 0 aromatic heterocycles. The maximum atomic E-state index is 12.1. The molecule has 0 radical (unpaired) electrons. The van der Waals surface area contributed by atoms with Gasteiger partial charge in [-0.15, -0.1) is 0 Å². The zero-order chi connectivity index (χ0) is 25.8. The lowest BCUT2D eigenvalue weighted by atomic mass is 9.92. The molecule has 0 rings (SSSR count). The van der Waals surface area contributed by atoms with E-state index in [-0.39, 0.29) is 5.97 Å². The van der Waals surface area contributed by atoms with Crippen LogP contribution in [0.5, 0.6) is 0 Å². The van der Waals surface area contributed by atoms with Gasteiger partial charge >= 0.3 is 5.97 Å². The van der Waals surface area contributed by atoms with Gasteiger partial charge in [-0.3, -0.25) is 9.59 Å². The van der Waals surface area contributed by atoms with Crippen molar-refractivity contribution in [3.05, 3.63) is 0 Å². The first kappa shape index (κ1) is 34.1. The molecular weight excluding hydrogens is 432 g/mol. The van der Waals surface area contributed by atoms with Gasteiger partial charge in [-0.1, -0.05) is 136 Å². The first-order valence-corrected chi connectivity index (χ1v) is 15.8. The highest BCUT2D eigenvalue weighted by Gasteiger charge is 2.10. The predicted molar refractivity (Wildman–Crippen MR) is 152 cm³/mol. The number of ketones is 1. The van der Waals surface area contributed by atoms with Gasteiger partial charge in [-0.05, 0) is 31.6 Å². The molecule has 0 spiro atoms. The highest BCUT2D eigenvalue weighted by Crippen LogP contribution is 2.21. The summed E-state index contributed by atoms with van der Waals surface area (Å²) in [5.41, 5.74) is 0. The van der Waals surface area contributed by atoms with E-state index in [0.717, 1.165) is 63.7 Å². The van der Waals surface area contributed by atoms with Crippen molar-refractivity contribution in [2.75, 3.05) is 6.61 Å². The molecule has 0 bridgehead atoms. The van der Waals surface area contributed by atoms with Gasteiger partial charge in [0.1, 0.15) is 5.78 Å². The second-order valence-electron chi connectivity index (χ2n) is 10.9. The third-order valence-corrected chi connectivity index (χ3v) is 7.37. The summed E-state index contributed by atoms with van der Waals surface area (Å²) in [5, 5.41) is 0. The minimum atomic E-state index is -0.0218. The predicted octanol–water partition coefficient (Wildman–Crippen LogP) is 10.5. The van der Waals surface area contributed by atoms with Gasteiger partial charge in [0.25, 0.3) is 0 Å². The SMILES string of the molecule is CCCCCCCCCCC(=O)CCCCCCCC(=O)OCCC(CCCCC)CCCCC. The minimum absolute atomic E-state index is 0.0218. The van der Waals surface area contributed by atoms with E-state index in [4.69, 9.17) is 4.74 Å². The van der Waals surface area contributed by atoms with Gasteiger partial charge < -0.3 is 4.74 Å². The third kappa shape index (κ3) is 26.0. The molecule has 0 saturated carbocycles. The van der Waals surface area contributed by atoms with Gasteiger partial charge in [-0.2, -0.15) is 0 Å². The van der Waals surface area contributed by atoms with Crippen LogP contribution < -0.4 is 0 Å². The lowest BCUT2D eigenvalue weighted by Crippen LogP contribution is -2.10. The summed E-state index contributed by atoms with van der Waals surface area (Å²) in [7, 11) is 0. The van der Waals surface area contributed by atoms with Crippen LogP contribution in [0.15, 0.2) is 0 Å². The summed E-state index contributed by atoms with van der Waals surface area (Å²) in [6.45, 7) is 7.37. The summed E-state index contributed by atoms with van der Waals surface area (Å²) in [6, 6.07) is 0. The maximum absolute atomic E-state index is 12.1. The number of unbranched alkanes of at least 4 members (excludes halogenated alkanes) is 15. The fraction of sp³-hybridized carbons (Fsp3) is 0.938. The van der Waals surface area contributed by atoms with Crippen molar-refractivity contribution in [3.63, 3.8) is 0 Å². The topological polar surface area (TPSA) is 43.4 Å². The molecule has 0 aliphatic rings. The molecule has 0 aliphatic carbocycles. The molecule has 0 N–H and O–H groups in total. The summed E-state index contributed by atoms with van der Waals surface area (Å²) in [6.07, 6.45) is 29.0. The number of hydrogen-bond donors (Lipinski definition) is 0. The van der Waals surface area contributed by atoms with Crippen molar-refractivity contribution in [2.45, 2.75) is 181 Å². The molecule has 35 heavy (non-hydrogen) atoms. The first-order valence-electron chi connectivity index (χ1n) is 15.8. The molecule has 0 fully saturated rings. The quantitative estimate of drug-likeness (QED) is 0.0802. The zero-order valence-corrected chi connectivity index (χ0v) is 24.2. The van der Waals surface area contributed by atoms with Gasteiger partial charge in [-0.25, -0.2) is 0 Å². The molecule has 0 aromatic carbocycles. The van der Waals surface area contributed by atoms with Crippen LogP contribution >= 0.6 is 0 Å². The standard InChI is InChI=1S/C32H62O3/c1-4-7-10-11-12-13-15-20-25-31(33)26-21-16-14-17-22-27-32(34)35-29-28-30(23-18-8-5-2)24-19-9-6-3/h30H,4-29H2,1-3H3. The van der Waals surface area contributed by atoms with Gasteiger partial charge in [0.2, 0.25) is 0 Å². The summed E-state index contributed by atoms with van der Waals surface area (Å²) < 4.78 is 5.54. The van der Waals surface area contributed by atoms with Crippen molar-refractivity contribution in [1.82, 2.24) is 0 Å². The van der Waals surface area contributed by atoms with Crippen LogP contribution in [0.25, 0.3) is 0 Å². The van der Waals surface area contributed by atoms with Crippen molar-refractivity contribution in [2.24, 2.45) is 5.92 Å². The molecular formula is C32H62O3. The third-order valence-electron chi connectivity index (χ3n) is 7.37. The Labute approximate surface area is 219 Å². The van der Waals surface area contributed by atoms with Gasteiger partial charge in [0, 0.05) is 19.3 Å². The van der Waals surface area contributed by atoms with Crippen LogP contribution in [0.2, 0.25) is 0 Å². The highest BCUT2D eigenvalue weighted by molar-refractivity contribution is 5.78. The smallest absolute Gasteiger partial charge is 0.305 e. The molecule has 0 amide bonds. The van der Waals surface area contributed by atoms with Crippen LogP contribution in [-0.2, 0) is 14.3 Å². The van der Waals surface area contributed by atoms with Crippen molar-refractivity contribution < 1.29 is 14.3 Å². The number of hydrogen-bond acceptors (Lipinski definition) is 3. The normalized spacial score (nSPS) is 11.3. The Bertz CT molecular complexity index is 450. The molecule has 0 atom stereocenters. The first-order chi connectivity index (χ1) is 17.1. The number of esters is 1. The zero-order valence-electron chi connectivity index (χ0n) is 24.2. The van der Waals surface area contributed by atoms with Crippen molar-refractivity contribution in [3.8, 4) is 0 Å². The fourth-order valence-electron chi connectivity index (χ4n) is 4.91. The molecule has 208 valence electrons. The van der Waals surface area contributed by atoms with E-state index in [9.17, 15) is 9.59 Å². The van der Waals surface area contributed by atoms with E-state index in [1.54, 1.807) is 0 Å². The van der Waals surface area contributed by atoms with Crippen LogP contribution in [0.1, 0.15) is 181 Å². The van der Waals surface area contributed by atoms with E-state index >= 15 is 0 Å². The van der Waals surface area contributed by atoms with E-state index in [2.05, 4.69) is 20.8 Å². The van der Waals surface area contributed by atoms with Gasteiger partial charge in [0.15, 0.2) is 0 Å². The van der Waals surface area contributed by atoms with E-state index in [0.29, 0.717) is 18.8 Å². The number of rotatable bonds is 28.